The minimum absolute atomic E-state index is 0.403. The van der Waals surface area contributed by atoms with Gasteiger partial charge in [-0.05, 0) is 49.6 Å². The second kappa shape index (κ2) is 4.90. The van der Waals surface area contributed by atoms with E-state index in [0.717, 1.165) is 18.5 Å². The number of hydrogen-bond acceptors (Lipinski definition) is 3. The van der Waals surface area contributed by atoms with E-state index in [9.17, 15) is 0 Å². The largest absolute Gasteiger partial charge is 0.397 e. The van der Waals surface area contributed by atoms with Crippen LogP contribution in [0.25, 0.3) is 0 Å². The Morgan fingerprint density at radius 2 is 2.00 bits per heavy atom. The molecule has 1 unspecified atom stereocenters. The molecule has 1 heterocycles. The number of fused-ring (bicyclic) bond motifs is 1. The normalized spacial score (nSPS) is 17.4. The zero-order valence-electron chi connectivity index (χ0n) is 11.5. The molecule has 1 aliphatic heterocycles. The maximum Gasteiger partial charge on any atom is 0.0992 e. The first kappa shape index (κ1) is 12.6. The van der Waals surface area contributed by atoms with Gasteiger partial charge in [0.2, 0.25) is 0 Å². The van der Waals surface area contributed by atoms with E-state index in [1.165, 1.54) is 11.3 Å². The van der Waals surface area contributed by atoms with Gasteiger partial charge in [-0.1, -0.05) is 18.2 Å². The fraction of sp³-hybridized carbons (Fsp3) is 0.235. The van der Waals surface area contributed by atoms with Crippen LogP contribution < -0.4 is 10.6 Å². The lowest BCUT2D eigenvalue weighted by atomic mass is 9.95. The molecular formula is C17H17N3. The SMILES string of the molecule is CC1CCc2ccccc2N1c1ccc(C#N)cc1N. The quantitative estimate of drug-likeness (QED) is 0.799. The molecule has 0 saturated carbocycles. The Morgan fingerprint density at radius 1 is 1.20 bits per heavy atom. The van der Waals surface area contributed by atoms with Crippen LogP contribution in [0.3, 0.4) is 0 Å². The average Bonchev–Trinajstić information content (AvgIpc) is 2.48. The Hall–Kier alpha value is -2.47. The number of rotatable bonds is 1. The Labute approximate surface area is 119 Å². The van der Waals surface area contributed by atoms with Crippen LogP contribution in [0.15, 0.2) is 42.5 Å². The van der Waals surface area contributed by atoms with Crippen LogP contribution in [0, 0.1) is 11.3 Å². The Balaban J connectivity index is 2.12. The molecule has 2 aromatic rings. The first-order chi connectivity index (χ1) is 9.70. The molecule has 0 aliphatic carbocycles. The number of benzene rings is 2. The van der Waals surface area contributed by atoms with E-state index < -0.39 is 0 Å². The molecule has 3 rings (SSSR count). The van der Waals surface area contributed by atoms with Gasteiger partial charge >= 0.3 is 0 Å². The third kappa shape index (κ3) is 2.00. The summed E-state index contributed by atoms with van der Waals surface area (Å²) in [6.45, 7) is 2.22. The summed E-state index contributed by atoms with van der Waals surface area (Å²) in [7, 11) is 0. The lowest BCUT2D eigenvalue weighted by molar-refractivity contribution is 0.618. The summed E-state index contributed by atoms with van der Waals surface area (Å²) in [6, 6.07) is 16.5. The minimum atomic E-state index is 0.403. The molecule has 1 aliphatic rings. The van der Waals surface area contributed by atoms with Gasteiger partial charge in [0, 0.05) is 11.7 Å². The van der Waals surface area contributed by atoms with Gasteiger partial charge < -0.3 is 10.6 Å². The molecule has 0 aromatic heterocycles. The van der Waals surface area contributed by atoms with Crippen molar-refractivity contribution in [3.63, 3.8) is 0 Å². The highest BCUT2D eigenvalue weighted by molar-refractivity contribution is 5.78. The van der Waals surface area contributed by atoms with E-state index in [2.05, 4.69) is 42.2 Å². The summed E-state index contributed by atoms with van der Waals surface area (Å²) in [5, 5.41) is 8.95. The number of aryl methyl sites for hydroxylation is 1. The second-order valence-electron chi connectivity index (χ2n) is 5.27. The maximum absolute atomic E-state index is 8.95. The number of nitrogens with zero attached hydrogens (tertiary/aromatic N) is 2. The smallest absolute Gasteiger partial charge is 0.0992 e. The van der Waals surface area contributed by atoms with Gasteiger partial charge in [0.05, 0.1) is 23.0 Å². The van der Waals surface area contributed by atoms with Crippen LogP contribution in [0.1, 0.15) is 24.5 Å². The van der Waals surface area contributed by atoms with Gasteiger partial charge in [-0.3, -0.25) is 0 Å². The lowest BCUT2D eigenvalue weighted by Crippen LogP contribution is -2.33. The third-order valence-corrected chi connectivity index (χ3v) is 3.94. The highest BCUT2D eigenvalue weighted by Crippen LogP contribution is 2.39. The molecule has 3 heteroatoms. The van der Waals surface area contributed by atoms with Gasteiger partial charge in [-0.25, -0.2) is 0 Å². The van der Waals surface area contributed by atoms with Gasteiger partial charge in [0.1, 0.15) is 0 Å². The molecular weight excluding hydrogens is 246 g/mol. The summed E-state index contributed by atoms with van der Waals surface area (Å²) in [5.41, 5.74) is 11.0. The van der Waals surface area contributed by atoms with Crippen LogP contribution in [0.4, 0.5) is 17.1 Å². The molecule has 0 bridgehead atoms. The highest BCUT2D eigenvalue weighted by Gasteiger charge is 2.25. The topological polar surface area (TPSA) is 53.0 Å². The fourth-order valence-electron chi connectivity index (χ4n) is 2.90. The van der Waals surface area contributed by atoms with Crippen molar-refractivity contribution in [2.45, 2.75) is 25.8 Å². The van der Waals surface area contributed by atoms with Crippen molar-refractivity contribution in [1.82, 2.24) is 0 Å². The van der Waals surface area contributed by atoms with Crippen molar-refractivity contribution < 1.29 is 0 Å². The molecule has 1 atom stereocenters. The van der Waals surface area contributed by atoms with Crippen LogP contribution in [0.2, 0.25) is 0 Å². The van der Waals surface area contributed by atoms with Crippen LogP contribution in [0.5, 0.6) is 0 Å². The van der Waals surface area contributed by atoms with Crippen LogP contribution in [-0.2, 0) is 6.42 Å². The van der Waals surface area contributed by atoms with E-state index in [-0.39, 0.29) is 0 Å². The number of para-hydroxylation sites is 1. The van der Waals surface area contributed by atoms with Crippen molar-refractivity contribution in [3.05, 3.63) is 53.6 Å². The van der Waals surface area contributed by atoms with Crippen molar-refractivity contribution in [1.29, 1.82) is 5.26 Å². The fourth-order valence-corrected chi connectivity index (χ4v) is 2.90. The number of anilines is 3. The molecule has 0 amide bonds. The van der Waals surface area contributed by atoms with Crippen molar-refractivity contribution >= 4 is 17.1 Å². The standard InChI is InChI=1S/C17H17N3/c1-12-6-8-14-4-2-3-5-16(14)20(12)17-9-7-13(11-18)10-15(17)19/h2-5,7,9-10,12H,6,8,19H2,1H3. The summed E-state index contributed by atoms with van der Waals surface area (Å²) in [6.07, 6.45) is 2.21. The minimum Gasteiger partial charge on any atom is -0.397 e. The lowest BCUT2D eigenvalue weighted by Gasteiger charge is -2.37. The van der Waals surface area contributed by atoms with Crippen LogP contribution >= 0.6 is 0 Å². The van der Waals surface area contributed by atoms with Crippen molar-refractivity contribution in [2.24, 2.45) is 0 Å². The number of nitrogens with two attached hydrogens (primary N) is 1. The van der Waals surface area contributed by atoms with E-state index in [4.69, 9.17) is 11.0 Å². The summed E-state index contributed by atoms with van der Waals surface area (Å²) >= 11 is 0. The van der Waals surface area contributed by atoms with Crippen LogP contribution in [-0.4, -0.2) is 6.04 Å². The predicted octanol–water partition coefficient (Wildman–Crippen LogP) is 3.61. The van der Waals surface area contributed by atoms with Gasteiger partial charge in [0.25, 0.3) is 0 Å². The molecule has 100 valence electrons. The Morgan fingerprint density at radius 3 is 2.75 bits per heavy atom. The summed E-state index contributed by atoms with van der Waals surface area (Å²) < 4.78 is 0. The molecule has 0 spiro atoms. The molecule has 0 saturated heterocycles. The van der Waals surface area contributed by atoms with Gasteiger partial charge in [-0.2, -0.15) is 5.26 Å². The average molecular weight is 263 g/mol. The van der Waals surface area contributed by atoms with E-state index in [1.54, 1.807) is 6.07 Å². The third-order valence-electron chi connectivity index (χ3n) is 3.94. The molecule has 20 heavy (non-hydrogen) atoms. The Bertz CT molecular complexity index is 685. The summed E-state index contributed by atoms with van der Waals surface area (Å²) in [4.78, 5) is 2.29. The molecule has 2 N–H and O–H groups in total. The van der Waals surface area contributed by atoms with E-state index >= 15 is 0 Å². The van der Waals surface area contributed by atoms with Crippen molar-refractivity contribution in [3.8, 4) is 6.07 Å². The first-order valence-electron chi connectivity index (χ1n) is 6.87. The monoisotopic (exact) mass is 263 g/mol. The van der Waals surface area contributed by atoms with E-state index in [0.29, 0.717) is 17.3 Å². The van der Waals surface area contributed by atoms with Gasteiger partial charge in [-0.15, -0.1) is 0 Å². The number of hydrogen-bond donors (Lipinski definition) is 1. The van der Waals surface area contributed by atoms with Crippen molar-refractivity contribution in [2.75, 3.05) is 10.6 Å². The number of nitriles is 1. The first-order valence-corrected chi connectivity index (χ1v) is 6.87. The predicted molar refractivity (Wildman–Crippen MR) is 81.9 cm³/mol. The Kier molecular flexibility index (Phi) is 3.08. The maximum atomic E-state index is 8.95. The molecule has 0 fully saturated rings. The summed E-state index contributed by atoms with van der Waals surface area (Å²) in [5.74, 6) is 0. The highest BCUT2D eigenvalue weighted by atomic mass is 15.2. The number of nitrogen functional groups attached to an aromatic ring is 1. The zero-order chi connectivity index (χ0) is 14.1. The van der Waals surface area contributed by atoms with Gasteiger partial charge in [0.15, 0.2) is 0 Å². The second-order valence-corrected chi connectivity index (χ2v) is 5.27. The zero-order valence-corrected chi connectivity index (χ0v) is 11.5. The molecule has 0 radical (unpaired) electrons. The molecule has 2 aromatic carbocycles. The van der Waals surface area contributed by atoms with E-state index in [1.807, 2.05) is 12.1 Å². The molecule has 3 nitrogen and oxygen atoms in total.